The summed E-state index contributed by atoms with van der Waals surface area (Å²) in [6, 6.07) is 0. The predicted molar refractivity (Wildman–Crippen MR) is 29.4 cm³/mol. The lowest BCUT2D eigenvalue weighted by molar-refractivity contribution is -0.270. The molecule has 0 unspecified atom stereocenters. The van der Waals surface area contributed by atoms with Gasteiger partial charge in [-0.2, -0.15) is 4.89 Å². The molecule has 0 spiro atoms. The molecule has 0 saturated heterocycles. The van der Waals surface area contributed by atoms with Gasteiger partial charge in [0.2, 0.25) is 0 Å². The Morgan fingerprint density at radius 2 is 2.33 bits per heavy atom. The Hall–Kier alpha value is -0.610. The zero-order valence-corrected chi connectivity index (χ0v) is 5.29. The molecule has 0 bridgehead atoms. The van der Waals surface area contributed by atoms with Crippen LogP contribution in [0, 0.1) is 0 Å². The molecule has 0 saturated carbocycles. The van der Waals surface area contributed by atoms with Crippen LogP contribution >= 0.6 is 0 Å². The first-order valence-electron chi connectivity index (χ1n) is 2.74. The van der Waals surface area contributed by atoms with E-state index < -0.39 is 5.97 Å². The molecule has 0 aliphatic rings. The zero-order valence-electron chi connectivity index (χ0n) is 5.29. The lowest BCUT2D eigenvalue weighted by atomic mass is 10.5. The number of hydrogen-bond acceptors (Lipinski definition) is 4. The van der Waals surface area contributed by atoms with Crippen molar-refractivity contribution in [1.29, 1.82) is 0 Å². The van der Waals surface area contributed by atoms with Crippen LogP contribution in [0.25, 0.3) is 0 Å². The van der Waals surface area contributed by atoms with Crippen molar-refractivity contribution in [2.24, 2.45) is 0 Å². The third kappa shape index (κ3) is 5.26. The highest BCUT2D eigenvalue weighted by Gasteiger charge is 1.99. The first-order valence-corrected chi connectivity index (χ1v) is 2.74. The van der Waals surface area contributed by atoms with Gasteiger partial charge in [0, 0.05) is 0 Å². The van der Waals surface area contributed by atoms with E-state index in [2.05, 4.69) is 9.78 Å². The Kier molecular flexibility index (Phi) is 5.15. The van der Waals surface area contributed by atoms with E-state index in [-0.39, 0.29) is 13.0 Å². The molecular weight excluding hydrogens is 124 g/mol. The Bertz CT molecular complexity index is 81.0. The lowest BCUT2D eigenvalue weighted by Crippen LogP contribution is -2.06. The Labute approximate surface area is 53.3 Å². The summed E-state index contributed by atoms with van der Waals surface area (Å²) in [5, 5.41) is 8.18. The van der Waals surface area contributed by atoms with Crippen LogP contribution < -0.4 is 0 Å². The van der Waals surface area contributed by atoms with Crippen LogP contribution in [0.5, 0.6) is 0 Å². The zero-order chi connectivity index (χ0) is 7.11. The number of hydrogen-bond donors (Lipinski definition) is 1. The van der Waals surface area contributed by atoms with E-state index in [0.29, 0.717) is 6.61 Å². The van der Waals surface area contributed by atoms with Crippen molar-refractivity contribution in [2.45, 2.75) is 13.3 Å². The van der Waals surface area contributed by atoms with Crippen molar-refractivity contribution in [2.75, 3.05) is 13.2 Å². The lowest BCUT2D eigenvalue weighted by Gasteiger charge is -1.97. The van der Waals surface area contributed by atoms with Crippen molar-refractivity contribution >= 4 is 5.97 Å². The highest BCUT2D eigenvalue weighted by Crippen LogP contribution is 1.84. The average Bonchev–Trinajstić information content (AvgIpc) is 1.85. The minimum absolute atomic E-state index is 0.0139. The molecule has 4 heteroatoms. The standard InChI is InChI=1S/C5H10O4/c1-2-8-9-5(7)3-4-6/h6H,2-4H2,1H3. The molecule has 0 radical (unpaired) electrons. The summed E-state index contributed by atoms with van der Waals surface area (Å²) >= 11 is 0. The van der Waals surface area contributed by atoms with Crippen LogP contribution in [0.15, 0.2) is 0 Å². The van der Waals surface area contributed by atoms with Crippen LogP contribution in [0.3, 0.4) is 0 Å². The van der Waals surface area contributed by atoms with Gasteiger partial charge < -0.3 is 5.11 Å². The van der Waals surface area contributed by atoms with Crippen molar-refractivity contribution in [3.63, 3.8) is 0 Å². The highest BCUT2D eigenvalue weighted by molar-refractivity contribution is 5.68. The maximum absolute atomic E-state index is 10.3. The Morgan fingerprint density at radius 1 is 1.67 bits per heavy atom. The smallest absolute Gasteiger partial charge is 0.344 e. The number of rotatable bonds is 4. The quantitative estimate of drug-likeness (QED) is 0.429. The molecule has 0 rings (SSSR count). The second kappa shape index (κ2) is 5.53. The largest absolute Gasteiger partial charge is 0.396 e. The van der Waals surface area contributed by atoms with Gasteiger partial charge >= 0.3 is 5.97 Å². The van der Waals surface area contributed by atoms with E-state index >= 15 is 0 Å². The van der Waals surface area contributed by atoms with E-state index in [0.717, 1.165) is 0 Å². The third-order valence-corrected chi connectivity index (χ3v) is 0.586. The van der Waals surface area contributed by atoms with E-state index in [9.17, 15) is 4.79 Å². The maximum atomic E-state index is 10.3. The molecule has 0 aliphatic heterocycles. The van der Waals surface area contributed by atoms with Gasteiger partial charge in [-0.1, -0.05) is 0 Å². The minimum atomic E-state index is -0.542. The number of aliphatic hydroxyl groups is 1. The van der Waals surface area contributed by atoms with Crippen LogP contribution in [-0.2, 0) is 14.6 Å². The number of carbonyl (C=O) groups excluding carboxylic acids is 1. The monoisotopic (exact) mass is 134 g/mol. The normalized spacial score (nSPS) is 9.11. The SMILES string of the molecule is CCOOC(=O)CCO. The summed E-state index contributed by atoms with van der Waals surface area (Å²) in [6.07, 6.45) is -0.0139. The minimum Gasteiger partial charge on any atom is -0.396 e. The predicted octanol–water partition coefficient (Wildman–Crippen LogP) is -0.137. The van der Waals surface area contributed by atoms with Gasteiger partial charge in [-0.15, -0.1) is 0 Å². The van der Waals surface area contributed by atoms with Gasteiger partial charge in [-0.25, -0.2) is 4.79 Å². The van der Waals surface area contributed by atoms with Crippen molar-refractivity contribution in [3.8, 4) is 0 Å². The molecule has 4 nitrogen and oxygen atoms in total. The second-order valence-electron chi connectivity index (χ2n) is 1.34. The highest BCUT2D eigenvalue weighted by atomic mass is 17.2. The fourth-order valence-corrected chi connectivity index (χ4v) is 0.258. The molecular formula is C5H10O4. The first kappa shape index (κ1) is 8.39. The molecule has 0 aromatic carbocycles. The van der Waals surface area contributed by atoms with Crippen molar-refractivity contribution in [3.05, 3.63) is 0 Å². The third-order valence-electron chi connectivity index (χ3n) is 0.586. The molecule has 54 valence electrons. The van der Waals surface area contributed by atoms with Crippen LogP contribution in [0.2, 0.25) is 0 Å². The van der Waals surface area contributed by atoms with Gasteiger partial charge in [0.25, 0.3) is 0 Å². The summed E-state index contributed by atoms with van der Waals surface area (Å²) in [6.45, 7) is 1.83. The summed E-state index contributed by atoms with van der Waals surface area (Å²) < 4.78 is 0. The van der Waals surface area contributed by atoms with Crippen molar-refractivity contribution < 1.29 is 19.7 Å². The van der Waals surface area contributed by atoms with Crippen LogP contribution in [-0.4, -0.2) is 24.3 Å². The molecule has 0 fully saturated rings. The molecule has 9 heavy (non-hydrogen) atoms. The molecule has 0 amide bonds. The molecule has 0 aliphatic carbocycles. The maximum Gasteiger partial charge on any atom is 0.344 e. The fourth-order valence-electron chi connectivity index (χ4n) is 0.258. The Morgan fingerprint density at radius 3 is 2.78 bits per heavy atom. The van der Waals surface area contributed by atoms with Gasteiger partial charge in [-0.3, -0.25) is 4.89 Å². The second-order valence-corrected chi connectivity index (χ2v) is 1.34. The summed E-state index contributed by atoms with van der Waals surface area (Å²) in [4.78, 5) is 18.7. The van der Waals surface area contributed by atoms with Gasteiger partial charge in [0.15, 0.2) is 0 Å². The molecule has 0 heterocycles. The Balaban J connectivity index is 3.06. The van der Waals surface area contributed by atoms with Gasteiger partial charge in [-0.05, 0) is 6.92 Å². The molecule has 0 atom stereocenters. The number of aliphatic hydroxyl groups excluding tert-OH is 1. The summed E-state index contributed by atoms with van der Waals surface area (Å²) in [5.41, 5.74) is 0. The van der Waals surface area contributed by atoms with E-state index in [1.54, 1.807) is 6.92 Å². The van der Waals surface area contributed by atoms with Gasteiger partial charge in [0.05, 0.1) is 19.6 Å². The van der Waals surface area contributed by atoms with Crippen LogP contribution in [0.1, 0.15) is 13.3 Å². The summed E-state index contributed by atoms with van der Waals surface area (Å²) in [5.74, 6) is -0.542. The van der Waals surface area contributed by atoms with E-state index in [4.69, 9.17) is 5.11 Å². The van der Waals surface area contributed by atoms with Crippen molar-refractivity contribution in [1.82, 2.24) is 0 Å². The van der Waals surface area contributed by atoms with E-state index in [1.165, 1.54) is 0 Å². The fraction of sp³-hybridized carbons (Fsp3) is 0.800. The first-order chi connectivity index (χ1) is 4.31. The molecule has 0 aromatic rings. The summed E-state index contributed by atoms with van der Waals surface area (Å²) in [7, 11) is 0. The van der Waals surface area contributed by atoms with Crippen LogP contribution in [0.4, 0.5) is 0 Å². The average molecular weight is 134 g/mol. The number of carbonyl (C=O) groups is 1. The molecule has 1 N–H and O–H groups in total. The molecule has 0 aromatic heterocycles. The van der Waals surface area contributed by atoms with E-state index in [1.807, 2.05) is 0 Å². The van der Waals surface area contributed by atoms with Gasteiger partial charge in [0.1, 0.15) is 0 Å². The topological polar surface area (TPSA) is 55.8 Å².